The average Bonchev–Trinajstić information content (AvgIpc) is 3.04. The molecule has 12 heteroatoms. The van der Waals surface area contributed by atoms with E-state index in [-0.39, 0.29) is 5.56 Å². The summed E-state index contributed by atoms with van der Waals surface area (Å²) in [5, 5.41) is 22.0. The van der Waals surface area contributed by atoms with Crippen LogP contribution in [-0.4, -0.2) is 31.7 Å². The lowest BCUT2D eigenvalue weighted by atomic mass is 9.90. The van der Waals surface area contributed by atoms with Crippen molar-refractivity contribution >= 4 is 48.6 Å². The highest BCUT2D eigenvalue weighted by molar-refractivity contribution is 7.86. The Morgan fingerprint density at radius 2 is 1.22 bits per heavy atom. The quantitative estimate of drug-likeness (QED) is 0.165. The third-order valence-electron chi connectivity index (χ3n) is 7.92. The molecule has 246 valence electrons. The molecule has 10 nitrogen and oxygen atoms in total. The third-order valence-corrected chi connectivity index (χ3v) is 9.66. The Kier molecular flexibility index (Phi) is 9.54. The Morgan fingerprint density at radius 1 is 0.694 bits per heavy atom. The molecule has 1 aliphatic carbocycles. The lowest BCUT2D eigenvalue weighted by molar-refractivity contribution is 0.481. The minimum atomic E-state index is -4.98. The number of aryl methyl sites for hydroxylation is 4. The van der Waals surface area contributed by atoms with Gasteiger partial charge in [0.2, 0.25) is 0 Å². The van der Waals surface area contributed by atoms with Crippen LogP contribution >= 0.6 is 0 Å². The van der Waals surface area contributed by atoms with Crippen LogP contribution in [0.4, 0.5) is 17.1 Å². The number of benzene rings is 4. The van der Waals surface area contributed by atoms with E-state index in [9.17, 15) is 36.5 Å². The fraction of sp³-hybridized carbons (Fsp3) is 0.108. The van der Waals surface area contributed by atoms with Gasteiger partial charge in [0.25, 0.3) is 20.2 Å². The Balaban J connectivity index is 1.65. The van der Waals surface area contributed by atoms with Gasteiger partial charge in [-0.1, -0.05) is 30.4 Å². The smallest absolute Gasteiger partial charge is 0.295 e. The van der Waals surface area contributed by atoms with Gasteiger partial charge in [0.1, 0.15) is 4.90 Å². The number of hydrogen-bond donors (Lipinski definition) is 3. The van der Waals surface area contributed by atoms with Crippen LogP contribution in [0.3, 0.4) is 0 Å². The second-order valence-electron chi connectivity index (χ2n) is 11.5. The molecule has 0 heterocycles. The Labute approximate surface area is 285 Å². The number of anilines is 2. The summed E-state index contributed by atoms with van der Waals surface area (Å²) in [6.07, 6.45) is 6.92. The molecule has 0 spiro atoms. The molecular weight excluding hydrogens is 661 g/mol. The van der Waals surface area contributed by atoms with Crippen LogP contribution in [0.25, 0.3) is 5.57 Å². The van der Waals surface area contributed by atoms with Gasteiger partial charge in [-0.3, -0.25) is 9.11 Å². The van der Waals surface area contributed by atoms with Gasteiger partial charge in [0, 0.05) is 16.9 Å². The maximum atomic E-state index is 12.6. The molecule has 0 atom stereocenters. The van der Waals surface area contributed by atoms with Crippen LogP contribution in [0.5, 0.6) is 0 Å². The summed E-state index contributed by atoms with van der Waals surface area (Å²) in [5.41, 5.74) is 8.72. The molecule has 4 aromatic rings. The van der Waals surface area contributed by atoms with Crippen LogP contribution < -0.4 is 5.32 Å². The van der Waals surface area contributed by atoms with Crippen molar-refractivity contribution in [1.82, 2.24) is 0 Å². The predicted octanol–water partition coefficient (Wildman–Crippen LogP) is 7.60. The first-order valence-electron chi connectivity index (χ1n) is 14.8. The van der Waals surface area contributed by atoms with Crippen molar-refractivity contribution in [3.63, 3.8) is 0 Å². The maximum Gasteiger partial charge on any atom is 0.295 e. The summed E-state index contributed by atoms with van der Waals surface area (Å²) in [6.45, 7) is 7.51. The van der Waals surface area contributed by atoms with Gasteiger partial charge in [-0.05, 0) is 127 Å². The van der Waals surface area contributed by atoms with E-state index in [4.69, 9.17) is 4.99 Å². The first kappa shape index (κ1) is 34.7. The fourth-order valence-corrected chi connectivity index (χ4v) is 6.98. The summed E-state index contributed by atoms with van der Waals surface area (Å²) in [6, 6.07) is 21.4. The molecule has 1 aliphatic rings. The molecule has 0 aromatic heterocycles. The zero-order valence-corrected chi connectivity index (χ0v) is 28.5. The number of hydrogen-bond acceptors (Lipinski definition) is 8. The van der Waals surface area contributed by atoms with Gasteiger partial charge in [-0.2, -0.15) is 27.4 Å². The molecule has 0 amide bonds. The van der Waals surface area contributed by atoms with E-state index in [1.165, 1.54) is 6.07 Å². The number of nitriles is 2. The number of allylic oxidation sites excluding steroid dienone is 5. The lowest BCUT2D eigenvalue weighted by Gasteiger charge is -2.18. The minimum absolute atomic E-state index is 0.00198. The lowest BCUT2D eigenvalue weighted by Crippen LogP contribution is -2.08. The molecule has 0 saturated heterocycles. The van der Waals surface area contributed by atoms with Crippen molar-refractivity contribution in [2.45, 2.75) is 37.5 Å². The summed E-state index contributed by atoms with van der Waals surface area (Å²) in [5.74, 6) is 0. The summed E-state index contributed by atoms with van der Waals surface area (Å²) in [4.78, 5) is 3.36. The standard InChI is InChI=1S/C37H30N4O6S2/c1-22-15-26(20-38)16-23(2)36(22)40-30-9-5-28(6-10-30)35(33-14-13-32(48(42,43)44)19-34(33)49(45,46)47)29-7-11-31(12-8-29)41-37-24(3)17-27(21-39)18-25(37)4/h5-19,40H,1-4H3,(H,42,43,44)(H,45,46,47). The number of nitrogens with zero attached hydrogens (tertiary/aromatic N) is 3. The van der Waals surface area contributed by atoms with Gasteiger partial charge < -0.3 is 5.32 Å². The number of rotatable bonds is 7. The van der Waals surface area contributed by atoms with Crippen LogP contribution in [0.2, 0.25) is 0 Å². The van der Waals surface area contributed by atoms with Crippen LogP contribution in [-0.2, 0) is 20.2 Å². The maximum absolute atomic E-state index is 12.6. The molecule has 0 fully saturated rings. The highest BCUT2D eigenvalue weighted by atomic mass is 32.2. The Morgan fingerprint density at radius 3 is 1.71 bits per heavy atom. The van der Waals surface area contributed by atoms with Gasteiger partial charge in [-0.15, -0.1) is 0 Å². The second-order valence-corrected chi connectivity index (χ2v) is 14.3. The van der Waals surface area contributed by atoms with E-state index in [2.05, 4.69) is 17.5 Å². The number of aliphatic imine (C=N–C) groups is 1. The molecule has 0 radical (unpaired) electrons. The second kappa shape index (κ2) is 13.5. The van der Waals surface area contributed by atoms with E-state index >= 15 is 0 Å². The SMILES string of the molecule is Cc1cc(C#N)cc(C)c1N=C1C=CC(=C(c2ccc(Nc3c(C)cc(C#N)cc3C)cc2)c2ccc(S(=O)(=O)O)cc2S(=O)(=O)O)C=C1. The molecule has 0 bridgehead atoms. The first-order chi connectivity index (χ1) is 23.1. The third kappa shape index (κ3) is 7.59. The van der Waals surface area contributed by atoms with Gasteiger partial charge in [0.15, 0.2) is 0 Å². The van der Waals surface area contributed by atoms with Gasteiger partial charge in [0.05, 0.1) is 39.6 Å². The summed E-state index contributed by atoms with van der Waals surface area (Å²) < 4.78 is 68.9. The van der Waals surface area contributed by atoms with E-state index in [0.717, 1.165) is 34.0 Å². The van der Waals surface area contributed by atoms with Crippen molar-refractivity contribution in [3.8, 4) is 12.1 Å². The largest absolute Gasteiger partial charge is 0.355 e. The van der Waals surface area contributed by atoms with E-state index < -0.39 is 30.0 Å². The average molecular weight is 691 g/mol. The molecular formula is C37H30N4O6S2. The molecule has 0 saturated carbocycles. The minimum Gasteiger partial charge on any atom is -0.355 e. The normalized spacial score (nSPS) is 12.7. The van der Waals surface area contributed by atoms with Gasteiger partial charge >= 0.3 is 0 Å². The highest BCUT2D eigenvalue weighted by Crippen LogP contribution is 2.36. The van der Waals surface area contributed by atoms with E-state index in [1.54, 1.807) is 72.8 Å². The van der Waals surface area contributed by atoms with Crippen LogP contribution in [0.15, 0.2) is 111 Å². The first-order valence-corrected chi connectivity index (χ1v) is 17.7. The van der Waals surface area contributed by atoms with Crippen molar-refractivity contribution in [1.29, 1.82) is 10.5 Å². The zero-order chi connectivity index (χ0) is 35.7. The molecule has 5 rings (SSSR count). The Bertz CT molecular complexity index is 2400. The molecule has 0 unspecified atom stereocenters. The van der Waals surface area contributed by atoms with Crippen LogP contribution in [0.1, 0.15) is 44.5 Å². The highest BCUT2D eigenvalue weighted by Gasteiger charge is 2.25. The Hall–Kier alpha value is -5.63. The van der Waals surface area contributed by atoms with Crippen molar-refractivity contribution in [2.75, 3.05) is 5.32 Å². The molecule has 49 heavy (non-hydrogen) atoms. The van der Waals surface area contributed by atoms with Crippen molar-refractivity contribution in [2.24, 2.45) is 4.99 Å². The molecule has 0 aliphatic heterocycles. The topological polar surface area (TPSA) is 181 Å². The van der Waals surface area contributed by atoms with Crippen molar-refractivity contribution < 1.29 is 25.9 Å². The molecule has 3 N–H and O–H groups in total. The van der Waals surface area contributed by atoms with E-state index in [0.29, 0.717) is 51.0 Å². The number of nitrogens with one attached hydrogen (secondary N) is 1. The monoisotopic (exact) mass is 690 g/mol. The summed E-state index contributed by atoms with van der Waals surface area (Å²) >= 11 is 0. The van der Waals surface area contributed by atoms with E-state index in [1.807, 2.05) is 27.7 Å². The summed E-state index contributed by atoms with van der Waals surface area (Å²) in [7, 11) is -9.77. The predicted molar refractivity (Wildman–Crippen MR) is 188 cm³/mol. The fourth-order valence-electron chi connectivity index (χ4n) is 5.68. The van der Waals surface area contributed by atoms with Gasteiger partial charge in [-0.25, -0.2) is 4.99 Å². The van der Waals surface area contributed by atoms with Crippen LogP contribution in [0, 0.1) is 50.4 Å². The molecule has 4 aromatic carbocycles. The van der Waals surface area contributed by atoms with Crippen molar-refractivity contribution in [3.05, 3.63) is 141 Å². The zero-order valence-electron chi connectivity index (χ0n) is 26.8.